The summed E-state index contributed by atoms with van der Waals surface area (Å²) in [6.45, 7) is 9.18. The minimum Gasteiger partial charge on any atom is -0.194 e. The minimum atomic E-state index is 0.301. The monoisotopic (exact) mass is 506 g/mol. The van der Waals surface area contributed by atoms with Crippen LogP contribution in [0.3, 0.4) is 0 Å². The molecule has 190 valence electrons. The first-order valence-corrected chi connectivity index (χ1v) is 14.1. The van der Waals surface area contributed by atoms with Gasteiger partial charge in [0.05, 0.1) is 6.42 Å². The zero-order chi connectivity index (χ0) is 26.5. The van der Waals surface area contributed by atoms with Crippen molar-refractivity contribution in [2.75, 3.05) is 0 Å². The molecule has 2 atom stereocenters. The average molecular weight is 507 g/mol. The van der Waals surface area contributed by atoms with E-state index in [9.17, 15) is 0 Å². The van der Waals surface area contributed by atoms with Crippen molar-refractivity contribution in [2.45, 2.75) is 45.1 Å². The van der Waals surface area contributed by atoms with Gasteiger partial charge in [0.2, 0.25) is 11.4 Å². The number of aryl methyl sites for hydroxylation is 3. The van der Waals surface area contributed by atoms with Crippen LogP contribution in [-0.2, 0) is 6.42 Å². The number of allylic oxidation sites excluding steroid dienone is 1. The van der Waals surface area contributed by atoms with E-state index in [-0.39, 0.29) is 0 Å². The number of fused-ring (bicyclic) bond motifs is 9. The van der Waals surface area contributed by atoms with Crippen LogP contribution in [0.15, 0.2) is 116 Å². The molecule has 2 nitrogen and oxygen atoms in total. The molecule has 2 heteroatoms. The summed E-state index contributed by atoms with van der Waals surface area (Å²) in [5.41, 5.74) is 14.3. The second kappa shape index (κ2) is 9.47. The summed E-state index contributed by atoms with van der Waals surface area (Å²) in [5.74, 6) is 0.410. The van der Waals surface area contributed by atoms with E-state index >= 15 is 0 Å². The Bertz CT molecular complexity index is 1730. The van der Waals surface area contributed by atoms with Crippen LogP contribution in [0.1, 0.15) is 47.1 Å². The Kier molecular flexibility index (Phi) is 5.77. The third-order valence-electron chi connectivity index (χ3n) is 8.78. The Morgan fingerprint density at radius 2 is 1.49 bits per heavy atom. The molecule has 2 aliphatic heterocycles. The summed E-state index contributed by atoms with van der Waals surface area (Å²) in [5, 5.41) is 0. The van der Waals surface area contributed by atoms with Gasteiger partial charge in [-0.2, -0.15) is 9.13 Å². The van der Waals surface area contributed by atoms with Gasteiger partial charge in [-0.15, -0.1) is 0 Å². The topological polar surface area (TPSA) is 7.76 Å². The Labute approximate surface area is 231 Å². The Balaban J connectivity index is 1.45. The summed E-state index contributed by atoms with van der Waals surface area (Å²) < 4.78 is 4.91. The normalized spacial score (nSPS) is 17.7. The molecule has 7 rings (SSSR count). The lowest BCUT2D eigenvalue weighted by Crippen LogP contribution is -2.49. The molecular formula is C37H34N2+2. The van der Waals surface area contributed by atoms with Crippen LogP contribution in [0.25, 0.3) is 39.3 Å². The number of hydrogen-bond donors (Lipinski definition) is 0. The number of aromatic nitrogens is 2. The standard InChI is InChI=1S/C37H34N2/c1-25-19-20-38-35(21-25)32-16-10-9-15-31(32)33-18-17-29-13-7-8-14-30(29)36-22-26(2)34(28-11-5-4-6-12-28)24-39(36)27(3)23-37(33)38/h4-16,19-22,24,33,37H,3,17-18,23H2,1-2H3/q+2. The number of pyridine rings is 2. The highest BCUT2D eigenvalue weighted by atomic mass is 15.0. The zero-order valence-electron chi connectivity index (χ0n) is 22.8. The van der Waals surface area contributed by atoms with Crippen LogP contribution >= 0.6 is 0 Å². The Morgan fingerprint density at radius 3 is 2.33 bits per heavy atom. The first kappa shape index (κ1) is 23.8. The van der Waals surface area contributed by atoms with Gasteiger partial charge >= 0.3 is 0 Å². The van der Waals surface area contributed by atoms with Crippen molar-refractivity contribution in [3.8, 4) is 33.6 Å². The first-order valence-electron chi connectivity index (χ1n) is 14.1. The lowest BCUT2D eigenvalue weighted by Gasteiger charge is -2.31. The molecule has 4 heterocycles. The third-order valence-corrected chi connectivity index (χ3v) is 8.78. The number of nitrogens with zero attached hydrogens (tertiary/aromatic N) is 2. The lowest BCUT2D eigenvalue weighted by molar-refractivity contribution is -0.720. The predicted octanol–water partition coefficient (Wildman–Crippen LogP) is 8.02. The van der Waals surface area contributed by atoms with Crippen molar-refractivity contribution >= 4 is 5.70 Å². The van der Waals surface area contributed by atoms with Crippen molar-refractivity contribution in [3.05, 3.63) is 138 Å². The fourth-order valence-electron chi connectivity index (χ4n) is 6.85. The SMILES string of the molecule is C=C1CC2C(CCc3ccccc3-c3cc(C)c(-c4ccccc4)c[n+]31)c1ccccc1-c1cc(C)cc[n+]12. The van der Waals surface area contributed by atoms with Crippen LogP contribution in [0, 0.1) is 13.8 Å². The number of benzene rings is 3. The molecule has 0 bridgehead atoms. The maximum Gasteiger partial charge on any atom is 0.218 e. The molecule has 0 radical (unpaired) electrons. The molecule has 2 unspecified atom stereocenters. The minimum absolute atomic E-state index is 0.301. The van der Waals surface area contributed by atoms with Gasteiger partial charge in [-0.05, 0) is 73.2 Å². The molecule has 0 saturated heterocycles. The van der Waals surface area contributed by atoms with Gasteiger partial charge in [-0.1, -0.05) is 66.7 Å². The third kappa shape index (κ3) is 4.03. The van der Waals surface area contributed by atoms with Crippen molar-refractivity contribution in [2.24, 2.45) is 0 Å². The molecule has 5 aromatic rings. The lowest BCUT2D eigenvalue weighted by atomic mass is 9.77. The summed E-state index contributed by atoms with van der Waals surface area (Å²) in [4.78, 5) is 0. The predicted molar refractivity (Wildman–Crippen MR) is 159 cm³/mol. The highest BCUT2D eigenvalue weighted by Gasteiger charge is 2.42. The second-order valence-corrected chi connectivity index (χ2v) is 11.2. The van der Waals surface area contributed by atoms with Crippen molar-refractivity contribution in [1.82, 2.24) is 0 Å². The second-order valence-electron chi connectivity index (χ2n) is 11.2. The highest BCUT2D eigenvalue weighted by Crippen LogP contribution is 2.44. The van der Waals surface area contributed by atoms with E-state index in [1.807, 2.05) is 0 Å². The fraction of sp³-hybridized carbons (Fsp3) is 0.189. The summed E-state index contributed by atoms with van der Waals surface area (Å²) in [7, 11) is 0. The maximum atomic E-state index is 4.75. The molecule has 2 aliphatic rings. The summed E-state index contributed by atoms with van der Waals surface area (Å²) >= 11 is 0. The maximum absolute atomic E-state index is 4.75. The molecule has 0 spiro atoms. The van der Waals surface area contributed by atoms with Gasteiger partial charge < -0.3 is 0 Å². The molecule has 0 amide bonds. The molecule has 0 saturated carbocycles. The quantitative estimate of drug-likeness (QED) is 0.203. The van der Waals surface area contributed by atoms with Gasteiger partial charge in [-0.25, -0.2) is 0 Å². The van der Waals surface area contributed by atoms with Crippen molar-refractivity contribution < 1.29 is 9.13 Å². The zero-order valence-corrected chi connectivity index (χ0v) is 22.8. The van der Waals surface area contributed by atoms with Gasteiger partial charge in [0.1, 0.15) is 0 Å². The van der Waals surface area contributed by atoms with Crippen LogP contribution in [0.4, 0.5) is 0 Å². The Morgan fingerprint density at radius 1 is 0.744 bits per heavy atom. The van der Waals surface area contributed by atoms with Crippen LogP contribution < -0.4 is 9.13 Å². The van der Waals surface area contributed by atoms with Gasteiger partial charge in [0, 0.05) is 40.8 Å². The van der Waals surface area contributed by atoms with Gasteiger partial charge in [-0.3, -0.25) is 0 Å². The highest BCUT2D eigenvalue weighted by molar-refractivity contribution is 5.71. The average Bonchev–Trinajstić information content (AvgIpc) is 2.97. The largest absolute Gasteiger partial charge is 0.218 e. The van der Waals surface area contributed by atoms with Crippen LogP contribution in [0.2, 0.25) is 0 Å². The van der Waals surface area contributed by atoms with Gasteiger partial charge in [0.25, 0.3) is 0 Å². The van der Waals surface area contributed by atoms with E-state index in [1.165, 1.54) is 55.9 Å². The number of hydrogen-bond acceptors (Lipinski definition) is 0. The smallest absolute Gasteiger partial charge is 0.194 e. The molecule has 39 heavy (non-hydrogen) atoms. The van der Waals surface area contributed by atoms with E-state index in [0.29, 0.717) is 12.0 Å². The molecule has 2 aromatic heterocycles. The Hall–Kier alpha value is -4.30. The van der Waals surface area contributed by atoms with Gasteiger partial charge in [0.15, 0.2) is 24.1 Å². The fourth-order valence-corrected chi connectivity index (χ4v) is 6.85. The van der Waals surface area contributed by atoms with E-state index in [0.717, 1.165) is 25.0 Å². The van der Waals surface area contributed by atoms with E-state index in [1.54, 1.807) is 0 Å². The first-order chi connectivity index (χ1) is 19.1. The molecule has 3 aromatic carbocycles. The summed E-state index contributed by atoms with van der Waals surface area (Å²) in [6, 6.07) is 36.0. The van der Waals surface area contributed by atoms with Crippen LogP contribution in [0.5, 0.6) is 0 Å². The van der Waals surface area contributed by atoms with E-state index in [4.69, 9.17) is 6.58 Å². The number of rotatable bonds is 1. The van der Waals surface area contributed by atoms with E-state index in [2.05, 4.69) is 132 Å². The molecule has 0 aliphatic carbocycles. The van der Waals surface area contributed by atoms with Crippen molar-refractivity contribution in [1.29, 1.82) is 0 Å². The van der Waals surface area contributed by atoms with Crippen LogP contribution in [-0.4, -0.2) is 0 Å². The van der Waals surface area contributed by atoms with Crippen molar-refractivity contribution in [3.63, 3.8) is 0 Å². The molecular weight excluding hydrogens is 472 g/mol. The van der Waals surface area contributed by atoms with E-state index < -0.39 is 0 Å². The molecule has 0 fully saturated rings. The summed E-state index contributed by atoms with van der Waals surface area (Å²) in [6.07, 6.45) is 7.66. The molecule has 0 N–H and O–H groups in total.